The number of aromatic nitrogens is 1. The van der Waals surface area contributed by atoms with Crippen LogP contribution in [0.5, 0.6) is 5.75 Å². The molecule has 0 spiro atoms. The molecule has 0 atom stereocenters. The molecule has 0 saturated heterocycles. The van der Waals surface area contributed by atoms with Gasteiger partial charge in [0.1, 0.15) is 11.8 Å². The van der Waals surface area contributed by atoms with Gasteiger partial charge in [-0.25, -0.2) is 4.98 Å². The monoisotopic (exact) mass is 456 g/mol. The molecule has 0 aliphatic heterocycles. The third kappa shape index (κ3) is 4.16. The lowest BCUT2D eigenvalue weighted by Crippen LogP contribution is -2.38. The van der Waals surface area contributed by atoms with Crippen molar-refractivity contribution in [2.75, 3.05) is 0 Å². The number of carbonyl (C=O) groups is 1. The summed E-state index contributed by atoms with van der Waals surface area (Å²) in [7, 11) is 0. The first kappa shape index (κ1) is 21.4. The van der Waals surface area contributed by atoms with Crippen molar-refractivity contribution >= 4 is 27.8 Å². The lowest BCUT2D eigenvalue weighted by Gasteiger charge is -2.25. The minimum Gasteiger partial charge on any atom is -0.452 e. The van der Waals surface area contributed by atoms with Gasteiger partial charge in [0.05, 0.1) is 6.10 Å². The van der Waals surface area contributed by atoms with Crippen molar-refractivity contribution in [1.82, 2.24) is 10.3 Å². The second-order valence-corrected chi connectivity index (χ2v) is 8.31. The highest BCUT2D eigenvalue weighted by Crippen LogP contribution is 2.41. The first-order valence-corrected chi connectivity index (χ1v) is 10.7. The highest BCUT2D eigenvalue weighted by Gasteiger charge is 2.25. The Labute approximate surface area is 187 Å². The Balaban J connectivity index is 1.52. The van der Waals surface area contributed by atoms with E-state index in [1.54, 1.807) is 12.1 Å². The number of hydrogen-bond acceptors (Lipinski definition) is 6. The summed E-state index contributed by atoms with van der Waals surface area (Å²) in [5.41, 5.74) is 2.22. The fourth-order valence-corrected chi connectivity index (χ4v) is 4.32. The quantitative estimate of drug-likeness (QED) is 0.429. The van der Waals surface area contributed by atoms with Crippen LogP contribution in [-0.2, 0) is 0 Å². The molecule has 2 aromatic heterocycles. The molecular formula is C24H22F2N2O5. The van der Waals surface area contributed by atoms with E-state index in [1.165, 1.54) is 12.3 Å². The number of nitrogens with one attached hydrogen (secondary N) is 1. The summed E-state index contributed by atoms with van der Waals surface area (Å²) in [4.78, 5) is 17.0. The average Bonchev–Trinajstić information content (AvgIpc) is 3.41. The van der Waals surface area contributed by atoms with Crippen LogP contribution in [0.3, 0.4) is 0 Å². The Morgan fingerprint density at radius 1 is 1.21 bits per heavy atom. The molecule has 33 heavy (non-hydrogen) atoms. The van der Waals surface area contributed by atoms with Crippen LogP contribution >= 0.6 is 0 Å². The molecule has 1 amide bonds. The predicted octanol–water partition coefficient (Wildman–Crippen LogP) is 5.18. The number of hydrogen-bond donors (Lipinski definition) is 2. The second-order valence-electron chi connectivity index (χ2n) is 8.31. The number of amides is 1. The zero-order valence-corrected chi connectivity index (χ0v) is 17.8. The summed E-state index contributed by atoms with van der Waals surface area (Å²) in [5, 5.41) is 13.8. The Morgan fingerprint density at radius 2 is 2.00 bits per heavy atom. The van der Waals surface area contributed by atoms with Gasteiger partial charge in [0.25, 0.3) is 5.91 Å². The third-order valence-electron chi connectivity index (χ3n) is 5.95. The Hall–Kier alpha value is -3.46. The number of aliphatic hydroxyl groups is 1. The fraction of sp³-hybridized carbons (Fsp3) is 0.333. The SMILES string of the molecule is Cc1ccc2oc3c(OC(F)F)ccc(-c4nc(C(=O)NC5CCC(O)CC5)co4)c3c2c1. The number of nitrogens with zero attached hydrogens (tertiary/aromatic N) is 1. The molecule has 0 unspecified atom stereocenters. The van der Waals surface area contributed by atoms with Crippen molar-refractivity contribution in [3.05, 3.63) is 47.9 Å². The predicted molar refractivity (Wildman–Crippen MR) is 116 cm³/mol. The summed E-state index contributed by atoms with van der Waals surface area (Å²) in [5.74, 6) is -0.299. The van der Waals surface area contributed by atoms with Crippen LogP contribution in [0.4, 0.5) is 8.78 Å². The molecule has 2 aromatic carbocycles. The molecule has 9 heteroatoms. The molecule has 2 heterocycles. The molecule has 2 N–H and O–H groups in total. The lowest BCUT2D eigenvalue weighted by atomic mass is 9.93. The zero-order chi connectivity index (χ0) is 23.1. The molecule has 0 bridgehead atoms. The minimum absolute atomic E-state index is 0.0284. The maximum atomic E-state index is 12.9. The molecule has 1 saturated carbocycles. The number of furan rings is 1. The second kappa shape index (κ2) is 8.47. The van der Waals surface area contributed by atoms with Crippen LogP contribution in [0.2, 0.25) is 0 Å². The molecule has 1 aliphatic rings. The molecule has 1 fully saturated rings. The minimum atomic E-state index is -3.01. The standard InChI is InChI=1S/C24H22F2N2O5/c1-12-2-8-18-16(10-12)20-15(7-9-19(21(20)32-18)33-24(25)26)23-28-17(11-31-23)22(30)27-13-3-5-14(29)6-4-13/h2,7-11,13-14,24,29H,3-6H2,1H3,(H,27,30). The molecular weight excluding hydrogens is 434 g/mol. The van der Waals surface area contributed by atoms with Gasteiger partial charge in [-0.05, 0) is 56.9 Å². The first-order chi connectivity index (χ1) is 15.9. The van der Waals surface area contributed by atoms with Gasteiger partial charge in [0.15, 0.2) is 17.0 Å². The van der Waals surface area contributed by atoms with Crippen LogP contribution in [0.25, 0.3) is 33.4 Å². The summed E-state index contributed by atoms with van der Waals surface area (Å²) in [6, 6.07) is 8.40. The Bertz CT molecular complexity index is 1320. The molecule has 4 aromatic rings. The molecule has 5 rings (SSSR count). The number of benzene rings is 2. The van der Waals surface area contributed by atoms with Gasteiger partial charge in [0, 0.05) is 22.4 Å². The van der Waals surface area contributed by atoms with Gasteiger partial charge in [-0.15, -0.1) is 0 Å². The number of ether oxygens (including phenoxy) is 1. The van der Waals surface area contributed by atoms with Gasteiger partial charge in [-0.2, -0.15) is 8.78 Å². The number of rotatable bonds is 5. The van der Waals surface area contributed by atoms with Crippen molar-refractivity contribution < 1.29 is 32.3 Å². The van der Waals surface area contributed by atoms with Gasteiger partial charge in [0.2, 0.25) is 5.89 Å². The van der Waals surface area contributed by atoms with Gasteiger partial charge < -0.3 is 24.0 Å². The van der Waals surface area contributed by atoms with E-state index in [4.69, 9.17) is 8.83 Å². The molecule has 172 valence electrons. The van der Waals surface area contributed by atoms with Crippen LogP contribution < -0.4 is 10.1 Å². The number of halogens is 2. The third-order valence-corrected chi connectivity index (χ3v) is 5.95. The molecule has 7 nitrogen and oxygen atoms in total. The van der Waals surface area contributed by atoms with Gasteiger partial charge >= 0.3 is 6.61 Å². The van der Waals surface area contributed by atoms with Crippen molar-refractivity contribution in [3.63, 3.8) is 0 Å². The van der Waals surface area contributed by atoms with E-state index in [-0.39, 0.29) is 41.0 Å². The van der Waals surface area contributed by atoms with E-state index < -0.39 is 6.61 Å². The average molecular weight is 456 g/mol. The van der Waals surface area contributed by atoms with Crippen molar-refractivity contribution in [2.45, 2.75) is 51.4 Å². The first-order valence-electron chi connectivity index (χ1n) is 10.7. The Kier molecular flexibility index (Phi) is 5.49. The van der Waals surface area contributed by atoms with Crippen LogP contribution in [0, 0.1) is 6.92 Å². The summed E-state index contributed by atoms with van der Waals surface area (Å²) in [6.45, 7) is -1.10. The van der Waals surface area contributed by atoms with E-state index in [0.717, 1.165) is 5.56 Å². The highest BCUT2D eigenvalue weighted by atomic mass is 19.3. The van der Waals surface area contributed by atoms with Crippen molar-refractivity contribution in [3.8, 4) is 17.2 Å². The smallest absolute Gasteiger partial charge is 0.387 e. The summed E-state index contributed by atoms with van der Waals surface area (Å²) in [6.07, 6.45) is 3.64. The largest absolute Gasteiger partial charge is 0.452 e. The topological polar surface area (TPSA) is 97.7 Å². The van der Waals surface area contributed by atoms with E-state index in [9.17, 15) is 18.7 Å². The van der Waals surface area contributed by atoms with Gasteiger partial charge in [-0.3, -0.25) is 4.79 Å². The van der Waals surface area contributed by atoms with Crippen molar-refractivity contribution in [1.29, 1.82) is 0 Å². The summed E-state index contributed by atoms with van der Waals surface area (Å²) >= 11 is 0. The number of oxazole rings is 1. The number of aryl methyl sites for hydroxylation is 1. The van der Waals surface area contributed by atoms with Gasteiger partial charge in [-0.1, -0.05) is 11.6 Å². The zero-order valence-electron chi connectivity index (χ0n) is 17.8. The maximum Gasteiger partial charge on any atom is 0.387 e. The summed E-state index contributed by atoms with van der Waals surface area (Å²) < 4.78 is 42.0. The van der Waals surface area contributed by atoms with Crippen LogP contribution in [0.15, 0.2) is 45.4 Å². The highest BCUT2D eigenvalue weighted by molar-refractivity contribution is 6.13. The number of alkyl halides is 2. The lowest BCUT2D eigenvalue weighted by molar-refractivity contribution is -0.0493. The van der Waals surface area contributed by atoms with E-state index in [1.807, 2.05) is 19.1 Å². The number of aliphatic hydroxyl groups excluding tert-OH is 1. The van der Waals surface area contributed by atoms with E-state index >= 15 is 0 Å². The Morgan fingerprint density at radius 3 is 2.76 bits per heavy atom. The van der Waals surface area contributed by atoms with Crippen molar-refractivity contribution in [2.24, 2.45) is 0 Å². The maximum absolute atomic E-state index is 12.9. The number of carbonyl (C=O) groups excluding carboxylic acids is 1. The molecule has 0 radical (unpaired) electrons. The van der Waals surface area contributed by atoms with E-state index in [0.29, 0.717) is 47.6 Å². The molecule has 1 aliphatic carbocycles. The van der Waals surface area contributed by atoms with Crippen LogP contribution in [0.1, 0.15) is 41.7 Å². The van der Waals surface area contributed by atoms with E-state index in [2.05, 4.69) is 15.0 Å². The number of fused-ring (bicyclic) bond motifs is 3. The van der Waals surface area contributed by atoms with Crippen LogP contribution in [-0.4, -0.2) is 34.8 Å². The fourth-order valence-electron chi connectivity index (χ4n) is 4.32. The normalized spacial score (nSPS) is 18.8.